The van der Waals surface area contributed by atoms with Gasteiger partial charge in [0, 0.05) is 41.7 Å². The lowest BCUT2D eigenvalue weighted by Gasteiger charge is -2.16. The zero-order valence-corrected chi connectivity index (χ0v) is 16.6. The molecule has 0 radical (unpaired) electrons. The average molecular weight is 416 g/mol. The first-order chi connectivity index (χ1) is 15.0. The largest absolute Gasteiger partial charge is 0.350 e. The van der Waals surface area contributed by atoms with Crippen molar-refractivity contribution in [2.24, 2.45) is 0 Å². The Balaban J connectivity index is 1.50. The molecule has 2 N–H and O–H groups in total. The molecule has 8 nitrogen and oxygen atoms in total. The number of hydrogen-bond donors (Lipinski definition) is 2. The predicted octanol–water partition coefficient (Wildman–Crippen LogP) is 4.72. The van der Waals surface area contributed by atoms with Crippen molar-refractivity contribution < 1.29 is 14.5 Å². The first kappa shape index (κ1) is 20.1. The smallest absolute Gasteiger partial charge is 0.293 e. The molecule has 2 amide bonds. The minimum atomic E-state index is -0.524. The van der Waals surface area contributed by atoms with Crippen LogP contribution in [-0.4, -0.2) is 23.3 Å². The molecule has 1 aliphatic rings. The molecule has 0 aliphatic carbocycles. The van der Waals surface area contributed by atoms with Crippen LogP contribution in [0.25, 0.3) is 0 Å². The highest BCUT2D eigenvalue weighted by Crippen LogP contribution is 2.29. The van der Waals surface area contributed by atoms with Gasteiger partial charge in [-0.3, -0.25) is 19.7 Å². The predicted molar refractivity (Wildman–Crippen MR) is 119 cm³/mol. The molecule has 1 fully saturated rings. The van der Waals surface area contributed by atoms with Gasteiger partial charge in [-0.05, 0) is 55.0 Å². The Morgan fingerprint density at radius 3 is 2.35 bits per heavy atom. The van der Waals surface area contributed by atoms with Crippen LogP contribution in [0.1, 0.15) is 23.2 Å². The molecular weight excluding hydrogens is 396 g/mol. The van der Waals surface area contributed by atoms with Crippen molar-refractivity contribution in [2.75, 3.05) is 22.1 Å². The Hall–Kier alpha value is -4.20. The van der Waals surface area contributed by atoms with Gasteiger partial charge in [0.25, 0.3) is 11.6 Å². The number of nitrogens with zero attached hydrogens (tertiary/aromatic N) is 2. The Labute approximate surface area is 178 Å². The molecule has 0 saturated carbocycles. The molecule has 8 heteroatoms. The zero-order chi connectivity index (χ0) is 21.8. The Kier molecular flexibility index (Phi) is 5.61. The number of carbonyl (C=O) groups is 2. The number of nitrogens with one attached hydrogen (secondary N) is 2. The minimum Gasteiger partial charge on any atom is -0.350 e. The normalized spacial score (nSPS) is 13.2. The monoisotopic (exact) mass is 416 g/mol. The first-order valence-corrected chi connectivity index (χ1v) is 9.83. The fourth-order valence-electron chi connectivity index (χ4n) is 3.46. The van der Waals surface area contributed by atoms with Gasteiger partial charge in [0.1, 0.15) is 5.69 Å². The molecule has 4 rings (SSSR count). The lowest BCUT2D eigenvalue weighted by molar-refractivity contribution is -0.383. The molecule has 0 aromatic heterocycles. The second-order valence-corrected chi connectivity index (χ2v) is 7.13. The number of benzene rings is 3. The number of para-hydroxylation sites is 1. The Morgan fingerprint density at radius 1 is 0.968 bits per heavy atom. The quantitative estimate of drug-likeness (QED) is 0.447. The third-order valence-corrected chi connectivity index (χ3v) is 5.02. The minimum absolute atomic E-state index is 0.0910. The van der Waals surface area contributed by atoms with E-state index >= 15 is 0 Å². The summed E-state index contributed by atoms with van der Waals surface area (Å²) >= 11 is 0. The molecule has 1 aliphatic heterocycles. The van der Waals surface area contributed by atoms with Gasteiger partial charge in [0.15, 0.2) is 0 Å². The summed E-state index contributed by atoms with van der Waals surface area (Å²) in [5.41, 5.74) is 2.30. The van der Waals surface area contributed by atoms with Crippen LogP contribution in [0.2, 0.25) is 0 Å². The van der Waals surface area contributed by atoms with E-state index in [9.17, 15) is 19.7 Å². The van der Waals surface area contributed by atoms with Crippen molar-refractivity contribution in [3.8, 4) is 0 Å². The van der Waals surface area contributed by atoms with Gasteiger partial charge in [-0.1, -0.05) is 18.2 Å². The number of amides is 2. The van der Waals surface area contributed by atoms with Crippen molar-refractivity contribution in [3.05, 3.63) is 88.5 Å². The standard InChI is InChI=1S/C23H20N4O4/c28-22-7-4-14-26(22)19-11-9-18(10-12-19)25-23(29)16-8-13-20(21(15-16)27(30)31)24-17-5-2-1-3-6-17/h1-3,5-6,8-13,15,24H,4,7,14H2,(H,25,29). The average Bonchev–Trinajstić information content (AvgIpc) is 3.21. The maximum absolute atomic E-state index is 12.6. The maximum atomic E-state index is 12.6. The van der Waals surface area contributed by atoms with Gasteiger partial charge in [0.2, 0.25) is 5.91 Å². The number of rotatable bonds is 6. The Bertz CT molecular complexity index is 1130. The summed E-state index contributed by atoms with van der Waals surface area (Å²) in [6.07, 6.45) is 1.39. The third kappa shape index (κ3) is 4.53. The number of nitro groups is 1. The molecule has 1 heterocycles. The van der Waals surface area contributed by atoms with Gasteiger partial charge in [0.05, 0.1) is 4.92 Å². The van der Waals surface area contributed by atoms with E-state index in [2.05, 4.69) is 10.6 Å². The summed E-state index contributed by atoms with van der Waals surface area (Å²) in [7, 11) is 0. The van der Waals surface area contributed by atoms with Crippen LogP contribution in [-0.2, 0) is 4.79 Å². The van der Waals surface area contributed by atoms with Gasteiger partial charge in [-0.25, -0.2) is 0 Å². The summed E-state index contributed by atoms with van der Waals surface area (Å²) in [5.74, 6) is -0.368. The molecule has 3 aromatic carbocycles. The van der Waals surface area contributed by atoms with Crippen LogP contribution < -0.4 is 15.5 Å². The topological polar surface area (TPSA) is 105 Å². The first-order valence-electron chi connectivity index (χ1n) is 9.83. The second-order valence-electron chi connectivity index (χ2n) is 7.13. The SMILES string of the molecule is O=C(Nc1ccc(N2CCCC2=O)cc1)c1ccc(Nc2ccccc2)c([N+](=O)[O-])c1. The number of nitro benzene ring substituents is 1. The highest BCUT2D eigenvalue weighted by molar-refractivity contribution is 6.05. The zero-order valence-electron chi connectivity index (χ0n) is 16.6. The highest BCUT2D eigenvalue weighted by Gasteiger charge is 2.22. The van der Waals surface area contributed by atoms with Gasteiger partial charge in [-0.15, -0.1) is 0 Å². The summed E-state index contributed by atoms with van der Waals surface area (Å²) in [6, 6.07) is 20.3. The fraction of sp³-hybridized carbons (Fsp3) is 0.130. The summed E-state index contributed by atoms with van der Waals surface area (Å²) in [6.45, 7) is 0.692. The maximum Gasteiger partial charge on any atom is 0.293 e. The van der Waals surface area contributed by atoms with Crippen molar-refractivity contribution >= 4 is 40.3 Å². The van der Waals surface area contributed by atoms with E-state index in [1.165, 1.54) is 18.2 Å². The Morgan fingerprint density at radius 2 is 1.71 bits per heavy atom. The van der Waals surface area contributed by atoms with Crippen LogP contribution in [0.5, 0.6) is 0 Å². The van der Waals surface area contributed by atoms with E-state index in [1.807, 2.05) is 18.2 Å². The van der Waals surface area contributed by atoms with Crippen LogP contribution in [0.15, 0.2) is 72.8 Å². The van der Waals surface area contributed by atoms with E-state index in [-0.39, 0.29) is 17.2 Å². The van der Waals surface area contributed by atoms with E-state index < -0.39 is 10.8 Å². The molecule has 0 spiro atoms. The molecule has 1 saturated heterocycles. The number of anilines is 4. The number of carbonyl (C=O) groups excluding carboxylic acids is 2. The van der Waals surface area contributed by atoms with E-state index in [1.54, 1.807) is 41.3 Å². The van der Waals surface area contributed by atoms with E-state index in [4.69, 9.17) is 0 Å². The van der Waals surface area contributed by atoms with Crippen molar-refractivity contribution in [3.63, 3.8) is 0 Å². The summed E-state index contributed by atoms with van der Waals surface area (Å²) in [4.78, 5) is 37.2. The van der Waals surface area contributed by atoms with Gasteiger partial charge in [-0.2, -0.15) is 0 Å². The fourth-order valence-corrected chi connectivity index (χ4v) is 3.46. The highest BCUT2D eigenvalue weighted by atomic mass is 16.6. The summed E-state index contributed by atoms with van der Waals surface area (Å²) < 4.78 is 0. The molecule has 0 atom stereocenters. The number of hydrogen-bond acceptors (Lipinski definition) is 5. The molecule has 31 heavy (non-hydrogen) atoms. The van der Waals surface area contributed by atoms with Crippen LogP contribution in [0.4, 0.5) is 28.4 Å². The molecule has 0 unspecified atom stereocenters. The lowest BCUT2D eigenvalue weighted by Crippen LogP contribution is -2.23. The van der Waals surface area contributed by atoms with Crippen LogP contribution in [0.3, 0.4) is 0 Å². The van der Waals surface area contributed by atoms with E-state index in [0.29, 0.717) is 30.0 Å². The summed E-state index contributed by atoms with van der Waals surface area (Å²) in [5, 5.41) is 17.3. The van der Waals surface area contributed by atoms with Crippen molar-refractivity contribution in [1.29, 1.82) is 0 Å². The second kappa shape index (κ2) is 8.66. The lowest BCUT2D eigenvalue weighted by atomic mass is 10.1. The van der Waals surface area contributed by atoms with Crippen molar-refractivity contribution in [2.45, 2.75) is 12.8 Å². The molecule has 156 valence electrons. The molecule has 0 bridgehead atoms. The molecular formula is C23H20N4O4. The van der Waals surface area contributed by atoms with E-state index in [0.717, 1.165) is 12.1 Å². The van der Waals surface area contributed by atoms with Crippen molar-refractivity contribution in [1.82, 2.24) is 0 Å². The molecule has 3 aromatic rings. The third-order valence-electron chi connectivity index (χ3n) is 5.02. The van der Waals surface area contributed by atoms with Crippen LogP contribution in [0, 0.1) is 10.1 Å². The van der Waals surface area contributed by atoms with Gasteiger partial charge >= 0.3 is 0 Å². The van der Waals surface area contributed by atoms with Gasteiger partial charge < -0.3 is 15.5 Å². The van der Waals surface area contributed by atoms with Crippen LogP contribution >= 0.6 is 0 Å².